The summed E-state index contributed by atoms with van der Waals surface area (Å²) in [5.41, 5.74) is 0. The molecule has 1 amide bonds. The van der Waals surface area contributed by atoms with Crippen molar-refractivity contribution in [3.63, 3.8) is 0 Å². The molecule has 1 saturated heterocycles. The van der Waals surface area contributed by atoms with Crippen LogP contribution in [-0.2, 0) is 4.79 Å². The van der Waals surface area contributed by atoms with Gasteiger partial charge in [0.25, 0.3) is 5.92 Å². The minimum absolute atomic E-state index is 0.109. The maximum Gasteiger partial charge on any atom is 0.260 e. The molecule has 2 fully saturated rings. The first-order valence-electron chi connectivity index (χ1n) is 4.85. The standard InChI is InChI=1S/C9H13F2NOS/c10-9(11)4-7(9)8(13)12-6-2-1-3-14-5-6/h6-7H,1-5H2,(H,12,13)/t6-,7+/m0/s1. The molecule has 0 radical (unpaired) electrons. The third-order valence-electron chi connectivity index (χ3n) is 2.65. The molecule has 0 bridgehead atoms. The Bertz CT molecular complexity index is 241. The van der Waals surface area contributed by atoms with Crippen LogP contribution in [0, 0.1) is 5.92 Å². The normalized spacial score (nSPS) is 35.0. The summed E-state index contributed by atoms with van der Waals surface area (Å²) >= 11 is 1.77. The second-order valence-corrected chi connectivity index (χ2v) is 5.09. The fourth-order valence-corrected chi connectivity index (χ4v) is 2.73. The molecule has 0 aromatic heterocycles. The van der Waals surface area contributed by atoms with Gasteiger partial charge in [-0.25, -0.2) is 8.78 Å². The quantitative estimate of drug-likeness (QED) is 0.768. The Balaban J connectivity index is 1.77. The van der Waals surface area contributed by atoms with Crippen molar-refractivity contribution in [3.05, 3.63) is 0 Å². The highest BCUT2D eigenvalue weighted by Crippen LogP contribution is 2.48. The lowest BCUT2D eigenvalue weighted by Crippen LogP contribution is -2.40. The molecular formula is C9H13F2NOS. The van der Waals surface area contributed by atoms with Crippen molar-refractivity contribution < 1.29 is 13.6 Å². The molecule has 5 heteroatoms. The second kappa shape index (κ2) is 3.68. The van der Waals surface area contributed by atoms with E-state index >= 15 is 0 Å². The van der Waals surface area contributed by atoms with E-state index in [2.05, 4.69) is 5.32 Å². The molecule has 2 rings (SSSR count). The largest absolute Gasteiger partial charge is 0.352 e. The van der Waals surface area contributed by atoms with E-state index in [0.717, 1.165) is 24.3 Å². The maximum atomic E-state index is 12.5. The van der Waals surface area contributed by atoms with Crippen molar-refractivity contribution in [3.8, 4) is 0 Å². The molecule has 1 N–H and O–H groups in total. The molecule has 1 aliphatic carbocycles. The summed E-state index contributed by atoms with van der Waals surface area (Å²) in [5.74, 6) is -2.25. The Hall–Kier alpha value is -0.320. The molecule has 0 spiro atoms. The number of hydrogen-bond donors (Lipinski definition) is 1. The van der Waals surface area contributed by atoms with E-state index in [9.17, 15) is 13.6 Å². The van der Waals surface area contributed by atoms with Crippen LogP contribution in [0.5, 0.6) is 0 Å². The van der Waals surface area contributed by atoms with Crippen LogP contribution in [0.1, 0.15) is 19.3 Å². The van der Waals surface area contributed by atoms with Gasteiger partial charge in [0.05, 0.1) is 0 Å². The van der Waals surface area contributed by atoms with Crippen molar-refractivity contribution >= 4 is 17.7 Å². The predicted octanol–water partition coefficient (Wildman–Crippen LogP) is 1.65. The van der Waals surface area contributed by atoms with Gasteiger partial charge in [-0.1, -0.05) is 0 Å². The number of carbonyl (C=O) groups excluding carboxylic acids is 1. The minimum Gasteiger partial charge on any atom is -0.352 e. The summed E-state index contributed by atoms with van der Waals surface area (Å²) in [6.07, 6.45) is 1.73. The number of halogens is 2. The van der Waals surface area contributed by atoms with E-state index < -0.39 is 17.7 Å². The zero-order valence-electron chi connectivity index (χ0n) is 7.76. The summed E-state index contributed by atoms with van der Waals surface area (Å²) < 4.78 is 25.1. The zero-order valence-corrected chi connectivity index (χ0v) is 8.58. The smallest absolute Gasteiger partial charge is 0.260 e. The minimum atomic E-state index is -2.73. The van der Waals surface area contributed by atoms with E-state index in [0.29, 0.717) is 0 Å². The molecule has 1 saturated carbocycles. The summed E-state index contributed by atoms with van der Waals surface area (Å²) in [6.45, 7) is 0. The van der Waals surface area contributed by atoms with Gasteiger partial charge in [0.15, 0.2) is 0 Å². The average molecular weight is 221 g/mol. The highest BCUT2D eigenvalue weighted by Gasteiger charge is 2.61. The van der Waals surface area contributed by atoms with Crippen LogP contribution in [0.3, 0.4) is 0 Å². The molecule has 2 aliphatic rings. The maximum absolute atomic E-state index is 12.5. The Labute approximate surface area is 85.8 Å². The van der Waals surface area contributed by atoms with Crippen LogP contribution in [-0.4, -0.2) is 29.4 Å². The highest BCUT2D eigenvalue weighted by atomic mass is 32.2. The molecule has 1 aliphatic heterocycles. The summed E-state index contributed by atoms with van der Waals surface area (Å²) in [5, 5.41) is 2.70. The van der Waals surface area contributed by atoms with Crippen molar-refractivity contribution in [2.45, 2.75) is 31.2 Å². The molecule has 0 unspecified atom stereocenters. The molecule has 1 heterocycles. The molecule has 80 valence electrons. The van der Waals surface area contributed by atoms with Gasteiger partial charge in [-0.3, -0.25) is 4.79 Å². The molecular weight excluding hydrogens is 208 g/mol. The number of carbonyl (C=O) groups is 1. The monoisotopic (exact) mass is 221 g/mol. The number of hydrogen-bond acceptors (Lipinski definition) is 2. The van der Waals surface area contributed by atoms with Crippen molar-refractivity contribution in [1.82, 2.24) is 5.32 Å². The lowest BCUT2D eigenvalue weighted by atomic mass is 10.2. The van der Waals surface area contributed by atoms with Crippen LogP contribution in [0.15, 0.2) is 0 Å². The second-order valence-electron chi connectivity index (χ2n) is 3.94. The van der Waals surface area contributed by atoms with E-state index in [1.807, 2.05) is 0 Å². The molecule has 0 aromatic rings. The van der Waals surface area contributed by atoms with E-state index in [4.69, 9.17) is 0 Å². The van der Waals surface area contributed by atoms with Crippen LogP contribution >= 0.6 is 11.8 Å². The molecule has 0 aromatic carbocycles. The number of rotatable bonds is 2. The van der Waals surface area contributed by atoms with E-state index in [-0.39, 0.29) is 12.5 Å². The number of nitrogens with one attached hydrogen (secondary N) is 1. The van der Waals surface area contributed by atoms with Gasteiger partial charge in [-0.05, 0) is 18.6 Å². The predicted molar refractivity (Wildman–Crippen MR) is 51.5 cm³/mol. The molecule has 14 heavy (non-hydrogen) atoms. The zero-order chi connectivity index (χ0) is 10.2. The first-order chi connectivity index (χ1) is 6.59. The summed E-state index contributed by atoms with van der Waals surface area (Å²) in [6, 6.07) is 0.109. The van der Waals surface area contributed by atoms with Crippen LogP contribution < -0.4 is 5.32 Å². The Morgan fingerprint density at radius 3 is 2.71 bits per heavy atom. The van der Waals surface area contributed by atoms with E-state index in [1.54, 1.807) is 11.8 Å². The third-order valence-corrected chi connectivity index (χ3v) is 3.86. The van der Waals surface area contributed by atoms with E-state index in [1.165, 1.54) is 0 Å². The topological polar surface area (TPSA) is 29.1 Å². The summed E-state index contributed by atoms with van der Waals surface area (Å²) in [7, 11) is 0. The van der Waals surface area contributed by atoms with Crippen LogP contribution in [0.2, 0.25) is 0 Å². The Morgan fingerprint density at radius 2 is 2.21 bits per heavy atom. The Morgan fingerprint density at radius 1 is 1.50 bits per heavy atom. The van der Waals surface area contributed by atoms with Gasteiger partial charge in [-0.2, -0.15) is 11.8 Å². The van der Waals surface area contributed by atoms with Gasteiger partial charge in [0.2, 0.25) is 5.91 Å². The first-order valence-corrected chi connectivity index (χ1v) is 6.01. The van der Waals surface area contributed by atoms with Gasteiger partial charge < -0.3 is 5.32 Å². The fourth-order valence-electron chi connectivity index (χ4n) is 1.65. The molecule has 2 nitrogen and oxygen atoms in total. The first kappa shape index (κ1) is 10.2. The van der Waals surface area contributed by atoms with Gasteiger partial charge in [0.1, 0.15) is 5.92 Å². The lowest BCUT2D eigenvalue weighted by molar-refractivity contribution is -0.125. The number of thioether (sulfide) groups is 1. The van der Waals surface area contributed by atoms with Gasteiger partial charge in [0, 0.05) is 18.2 Å². The van der Waals surface area contributed by atoms with Crippen molar-refractivity contribution in [2.75, 3.05) is 11.5 Å². The van der Waals surface area contributed by atoms with Crippen molar-refractivity contribution in [1.29, 1.82) is 0 Å². The van der Waals surface area contributed by atoms with Gasteiger partial charge in [-0.15, -0.1) is 0 Å². The highest BCUT2D eigenvalue weighted by molar-refractivity contribution is 7.99. The van der Waals surface area contributed by atoms with Crippen molar-refractivity contribution in [2.24, 2.45) is 5.92 Å². The third kappa shape index (κ3) is 2.19. The van der Waals surface area contributed by atoms with Gasteiger partial charge >= 0.3 is 0 Å². The SMILES string of the molecule is O=C(N[C@H]1CCCSC1)[C@H]1CC1(F)F. The summed E-state index contributed by atoms with van der Waals surface area (Å²) in [4.78, 5) is 11.3. The number of alkyl halides is 2. The average Bonchev–Trinajstić information content (AvgIpc) is 2.77. The van der Waals surface area contributed by atoms with Crippen LogP contribution in [0.4, 0.5) is 8.78 Å². The Kier molecular flexibility index (Phi) is 2.68. The number of amides is 1. The lowest BCUT2D eigenvalue weighted by Gasteiger charge is -2.22. The fraction of sp³-hybridized carbons (Fsp3) is 0.889. The molecule has 2 atom stereocenters. The van der Waals surface area contributed by atoms with Crippen LogP contribution in [0.25, 0.3) is 0 Å².